The molecule has 0 spiro atoms. The number of halogens is 2. The molecule has 0 saturated carbocycles. The van der Waals surface area contributed by atoms with Gasteiger partial charge in [0.2, 0.25) is 0 Å². The zero-order chi connectivity index (χ0) is 17.9. The molecule has 0 amide bonds. The lowest BCUT2D eigenvalue weighted by Crippen LogP contribution is -2.51. The van der Waals surface area contributed by atoms with Gasteiger partial charge in [-0.1, -0.05) is 30.7 Å². The Labute approximate surface area is 167 Å². The van der Waals surface area contributed by atoms with Gasteiger partial charge in [-0.3, -0.25) is 4.90 Å². The van der Waals surface area contributed by atoms with Crippen molar-refractivity contribution in [3.8, 4) is 0 Å². The molecular formula is C19H29Cl2N3O2. The van der Waals surface area contributed by atoms with Crippen LogP contribution in [0.2, 0.25) is 5.02 Å². The van der Waals surface area contributed by atoms with Gasteiger partial charge in [0.25, 0.3) is 0 Å². The predicted octanol–water partition coefficient (Wildman–Crippen LogP) is 2.59. The molecule has 5 nitrogen and oxygen atoms in total. The first-order valence-corrected chi connectivity index (χ1v) is 9.39. The number of rotatable bonds is 5. The Hall–Kier alpha value is -0.850. The number of nitrogens with zero attached hydrogens (tertiary/aromatic N) is 2. The lowest BCUT2D eigenvalue weighted by molar-refractivity contribution is -0.148. The zero-order valence-electron chi connectivity index (χ0n) is 15.5. The van der Waals surface area contributed by atoms with Gasteiger partial charge in [-0.15, -0.1) is 12.4 Å². The fourth-order valence-corrected chi connectivity index (χ4v) is 4.10. The highest BCUT2D eigenvalue weighted by Crippen LogP contribution is 2.28. The number of nitrogens with one attached hydrogen (secondary N) is 1. The topological polar surface area (TPSA) is 44.8 Å². The van der Waals surface area contributed by atoms with Crippen molar-refractivity contribution >= 4 is 30.0 Å². The van der Waals surface area contributed by atoms with E-state index in [9.17, 15) is 4.79 Å². The van der Waals surface area contributed by atoms with E-state index in [1.165, 1.54) is 13.5 Å². The highest BCUT2D eigenvalue weighted by Gasteiger charge is 2.35. The summed E-state index contributed by atoms with van der Waals surface area (Å²) in [5, 5.41) is 4.15. The van der Waals surface area contributed by atoms with Gasteiger partial charge in [0, 0.05) is 44.3 Å². The summed E-state index contributed by atoms with van der Waals surface area (Å²) >= 11 is 5.99. The van der Waals surface area contributed by atoms with E-state index in [-0.39, 0.29) is 24.4 Å². The molecule has 2 atom stereocenters. The number of hydrogen-bond donors (Lipinski definition) is 1. The maximum absolute atomic E-state index is 12.4. The molecule has 1 aromatic rings. The standard InChI is InChI=1S/C19H28ClN3O2.ClH/c1-19(7-8-21-13-19)14-22-9-11-23(12-10-22)17(18(24)25-2)15-3-5-16(20)6-4-15;/h3-6,17,21H,7-14H2,1-2H3;1H. The fraction of sp³-hybridized carbons (Fsp3) is 0.632. The first kappa shape index (κ1) is 21.5. The molecule has 0 bridgehead atoms. The first-order chi connectivity index (χ1) is 12.0. The highest BCUT2D eigenvalue weighted by atomic mass is 35.5. The van der Waals surface area contributed by atoms with Crippen LogP contribution in [0.5, 0.6) is 0 Å². The van der Waals surface area contributed by atoms with Crippen LogP contribution in [0.15, 0.2) is 24.3 Å². The third kappa shape index (κ3) is 5.11. The largest absolute Gasteiger partial charge is 0.468 e. The molecule has 26 heavy (non-hydrogen) atoms. The van der Waals surface area contributed by atoms with Gasteiger partial charge in [0.1, 0.15) is 6.04 Å². The Morgan fingerprint density at radius 1 is 1.27 bits per heavy atom. The molecule has 0 aliphatic carbocycles. The Morgan fingerprint density at radius 3 is 2.46 bits per heavy atom. The molecule has 2 unspecified atom stereocenters. The van der Waals surface area contributed by atoms with Crippen molar-refractivity contribution < 1.29 is 9.53 Å². The minimum atomic E-state index is -0.354. The normalized spacial score (nSPS) is 25.5. The van der Waals surface area contributed by atoms with E-state index in [0.717, 1.165) is 51.4 Å². The molecule has 2 aliphatic rings. The Balaban J connectivity index is 0.00000243. The number of hydrogen-bond acceptors (Lipinski definition) is 5. The summed E-state index contributed by atoms with van der Waals surface area (Å²) in [5.41, 5.74) is 1.32. The van der Waals surface area contributed by atoms with Crippen LogP contribution in [0.4, 0.5) is 0 Å². The van der Waals surface area contributed by atoms with Crippen LogP contribution in [-0.4, -0.2) is 68.7 Å². The van der Waals surface area contributed by atoms with Crippen molar-refractivity contribution in [2.75, 3.05) is 52.9 Å². The minimum Gasteiger partial charge on any atom is -0.468 e. The van der Waals surface area contributed by atoms with Crippen molar-refractivity contribution in [3.05, 3.63) is 34.9 Å². The number of methoxy groups -OCH3 is 1. The van der Waals surface area contributed by atoms with E-state index in [1.807, 2.05) is 24.3 Å². The lowest BCUT2D eigenvalue weighted by atomic mass is 9.89. The van der Waals surface area contributed by atoms with E-state index in [1.54, 1.807) is 0 Å². The molecule has 2 heterocycles. The van der Waals surface area contributed by atoms with E-state index in [4.69, 9.17) is 16.3 Å². The molecule has 3 rings (SSSR count). The monoisotopic (exact) mass is 401 g/mol. The molecule has 0 radical (unpaired) electrons. The van der Waals surface area contributed by atoms with Gasteiger partial charge in [0.05, 0.1) is 7.11 Å². The summed E-state index contributed by atoms with van der Waals surface area (Å²) < 4.78 is 5.07. The van der Waals surface area contributed by atoms with Crippen molar-refractivity contribution in [1.29, 1.82) is 0 Å². The van der Waals surface area contributed by atoms with E-state index >= 15 is 0 Å². The maximum Gasteiger partial charge on any atom is 0.327 e. The maximum atomic E-state index is 12.4. The number of piperazine rings is 1. The van der Waals surface area contributed by atoms with Crippen LogP contribution in [0.1, 0.15) is 24.9 Å². The highest BCUT2D eigenvalue weighted by molar-refractivity contribution is 6.30. The summed E-state index contributed by atoms with van der Waals surface area (Å²) in [4.78, 5) is 17.1. The lowest BCUT2D eigenvalue weighted by Gasteiger charge is -2.41. The fourth-order valence-electron chi connectivity index (χ4n) is 3.98. The number of esters is 1. The van der Waals surface area contributed by atoms with E-state index in [0.29, 0.717) is 10.4 Å². The number of benzene rings is 1. The van der Waals surface area contributed by atoms with Crippen molar-refractivity contribution in [2.45, 2.75) is 19.4 Å². The van der Waals surface area contributed by atoms with Crippen LogP contribution in [-0.2, 0) is 9.53 Å². The minimum absolute atomic E-state index is 0. The quantitative estimate of drug-likeness (QED) is 0.768. The van der Waals surface area contributed by atoms with Crippen LogP contribution in [0.3, 0.4) is 0 Å². The number of carbonyl (C=O) groups excluding carboxylic acids is 1. The average molecular weight is 402 g/mol. The summed E-state index contributed by atoms with van der Waals surface area (Å²) in [6.07, 6.45) is 1.24. The third-order valence-corrected chi connectivity index (χ3v) is 5.70. The summed E-state index contributed by atoms with van der Waals surface area (Å²) in [5.74, 6) is -0.206. The van der Waals surface area contributed by atoms with Crippen molar-refractivity contribution in [3.63, 3.8) is 0 Å². The molecule has 7 heteroatoms. The van der Waals surface area contributed by atoms with Gasteiger partial charge >= 0.3 is 5.97 Å². The van der Waals surface area contributed by atoms with Gasteiger partial charge in [0.15, 0.2) is 0 Å². The molecule has 2 aliphatic heterocycles. The molecular weight excluding hydrogens is 373 g/mol. The smallest absolute Gasteiger partial charge is 0.327 e. The molecule has 2 fully saturated rings. The molecule has 146 valence electrons. The Morgan fingerprint density at radius 2 is 1.92 bits per heavy atom. The van der Waals surface area contributed by atoms with Gasteiger partial charge < -0.3 is 15.0 Å². The average Bonchev–Trinajstić information content (AvgIpc) is 3.04. The van der Waals surface area contributed by atoms with Crippen LogP contribution >= 0.6 is 24.0 Å². The van der Waals surface area contributed by atoms with E-state index in [2.05, 4.69) is 22.0 Å². The SMILES string of the molecule is COC(=O)C(c1ccc(Cl)cc1)N1CCN(CC2(C)CCNC2)CC1.Cl. The summed E-state index contributed by atoms with van der Waals surface area (Å²) in [6, 6.07) is 7.14. The van der Waals surface area contributed by atoms with Gasteiger partial charge in [-0.05, 0) is 36.1 Å². The second kappa shape index (κ2) is 9.38. The second-order valence-electron chi connectivity index (χ2n) is 7.53. The molecule has 1 N–H and O–H groups in total. The summed E-state index contributed by atoms with van der Waals surface area (Å²) in [6.45, 7) is 9.41. The molecule has 1 aromatic carbocycles. The summed E-state index contributed by atoms with van der Waals surface area (Å²) in [7, 11) is 1.45. The Bertz CT molecular complexity index is 583. The number of carbonyl (C=O) groups is 1. The van der Waals surface area contributed by atoms with Crippen molar-refractivity contribution in [1.82, 2.24) is 15.1 Å². The Kier molecular flexibility index (Phi) is 7.74. The molecule has 2 saturated heterocycles. The predicted molar refractivity (Wildman–Crippen MR) is 107 cm³/mol. The zero-order valence-corrected chi connectivity index (χ0v) is 17.1. The van der Waals surface area contributed by atoms with Gasteiger partial charge in [-0.25, -0.2) is 4.79 Å². The first-order valence-electron chi connectivity index (χ1n) is 9.01. The van der Waals surface area contributed by atoms with Crippen LogP contribution in [0.25, 0.3) is 0 Å². The van der Waals surface area contributed by atoms with Crippen LogP contribution < -0.4 is 5.32 Å². The van der Waals surface area contributed by atoms with E-state index < -0.39 is 0 Å². The van der Waals surface area contributed by atoms with Gasteiger partial charge in [-0.2, -0.15) is 0 Å². The number of ether oxygens (including phenoxy) is 1. The second-order valence-corrected chi connectivity index (χ2v) is 7.96. The van der Waals surface area contributed by atoms with Crippen LogP contribution in [0, 0.1) is 5.41 Å². The molecule has 0 aromatic heterocycles. The van der Waals surface area contributed by atoms with Crippen molar-refractivity contribution in [2.24, 2.45) is 5.41 Å². The third-order valence-electron chi connectivity index (χ3n) is 5.44.